The fraction of sp³-hybridized carbons (Fsp3) is 0.467. The van der Waals surface area contributed by atoms with Gasteiger partial charge in [-0.25, -0.2) is 0 Å². The summed E-state index contributed by atoms with van der Waals surface area (Å²) in [7, 11) is 0. The van der Waals surface area contributed by atoms with Gasteiger partial charge in [0.15, 0.2) is 0 Å². The van der Waals surface area contributed by atoms with Gasteiger partial charge in [0.25, 0.3) is 0 Å². The highest BCUT2D eigenvalue weighted by atomic mass is 35.5. The van der Waals surface area contributed by atoms with Crippen LogP contribution in [0.5, 0.6) is 0 Å². The number of hydrogen-bond acceptors (Lipinski definition) is 3. The topological polar surface area (TPSA) is 84.2 Å². The molecule has 21 heavy (non-hydrogen) atoms. The van der Waals surface area contributed by atoms with E-state index in [0.29, 0.717) is 22.9 Å². The maximum absolute atomic E-state index is 12.3. The average molecular weight is 310 g/mol. The zero-order chi connectivity index (χ0) is 15.4. The van der Waals surface area contributed by atoms with Crippen molar-refractivity contribution in [3.8, 4) is 0 Å². The molecule has 0 aliphatic heterocycles. The summed E-state index contributed by atoms with van der Waals surface area (Å²) in [5, 5.41) is 5.90. The summed E-state index contributed by atoms with van der Waals surface area (Å²) in [6, 6.07) is 5.03. The number of anilines is 2. The Labute approximate surface area is 129 Å². The molecule has 6 heteroatoms. The van der Waals surface area contributed by atoms with Crippen LogP contribution in [0.4, 0.5) is 11.4 Å². The van der Waals surface area contributed by atoms with E-state index < -0.39 is 0 Å². The third kappa shape index (κ3) is 3.95. The van der Waals surface area contributed by atoms with E-state index in [1.165, 1.54) is 6.92 Å². The number of nitrogens with one attached hydrogen (secondary N) is 2. The second-order valence-electron chi connectivity index (χ2n) is 5.40. The fourth-order valence-electron chi connectivity index (χ4n) is 2.78. The largest absolute Gasteiger partial charge is 0.330 e. The second kappa shape index (κ2) is 6.91. The van der Waals surface area contributed by atoms with Crippen molar-refractivity contribution in [2.45, 2.75) is 26.2 Å². The molecule has 2 rings (SSSR count). The Morgan fingerprint density at radius 1 is 1.33 bits per heavy atom. The lowest BCUT2D eigenvalue weighted by Crippen LogP contribution is -2.29. The molecule has 0 radical (unpaired) electrons. The molecule has 1 saturated carbocycles. The zero-order valence-corrected chi connectivity index (χ0v) is 12.7. The molecule has 1 fully saturated rings. The number of halogens is 1. The number of nitrogens with two attached hydrogens (primary N) is 1. The van der Waals surface area contributed by atoms with Crippen molar-refractivity contribution >= 4 is 34.8 Å². The van der Waals surface area contributed by atoms with Crippen molar-refractivity contribution in [2.75, 3.05) is 17.2 Å². The van der Waals surface area contributed by atoms with Crippen LogP contribution in [0.2, 0.25) is 5.02 Å². The van der Waals surface area contributed by atoms with Crippen LogP contribution in [-0.2, 0) is 9.59 Å². The molecule has 5 nitrogen and oxygen atoms in total. The first-order valence-corrected chi connectivity index (χ1v) is 7.47. The highest BCUT2D eigenvalue weighted by Gasteiger charge is 2.31. The van der Waals surface area contributed by atoms with Gasteiger partial charge in [0, 0.05) is 18.5 Å². The van der Waals surface area contributed by atoms with Crippen molar-refractivity contribution in [3.63, 3.8) is 0 Å². The quantitative estimate of drug-likeness (QED) is 0.799. The van der Waals surface area contributed by atoms with Gasteiger partial charge in [0.1, 0.15) is 0 Å². The second-order valence-corrected chi connectivity index (χ2v) is 5.81. The first kappa shape index (κ1) is 15.8. The minimum atomic E-state index is -0.189. The average Bonchev–Trinajstić information content (AvgIpc) is 2.90. The van der Waals surface area contributed by atoms with Crippen molar-refractivity contribution in [1.82, 2.24) is 0 Å². The highest BCUT2D eigenvalue weighted by molar-refractivity contribution is 6.34. The van der Waals surface area contributed by atoms with E-state index in [4.69, 9.17) is 17.3 Å². The van der Waals surface area contributed by atoms with Crippen molar-refractivity contribution in [3.05, 3.63) is 23.2 Å². The van der Waals surface area contributed by atoms with Gasteiger partial charge in [0.2, 0.25) is 11.8 Å². The third-order valence-electron chi connectivity index (χ3n) is 3.85. The van der Waals surface area contributed by atoms with Crippen molar-refractivity contribution in [2.24, 2.45) is 17.6 Å². The number of carbonyl (C=O) groups excluding carboxylic acids is 2. The number of hydrogen-bond donors (Lipinski definition) is 3. The van der Waals surface area contributed by atoms with Crippen LogP contribution in [0, 0.1) is 11.8 Å². The third-order valence-corrected chi connectivity index (χ3v) is 4.16. The Morgan fingerprint density at radius 3 is 2.71 bits per heavy atom. The predicted molar refractivity (Wildman–Crippen MR) is 84.3 cm³/mol. The molecule has 0 spiro atoms. The summed E-state index contributed by atoms with van der Waals surface area (Å²) < 4.78 is 0. The van der Waals surface area contributed by atoms with Crippen LogP contribution in [0.15, 0.2) is 18.2 Å². The van der Waals surface area contributed by atoms with Gasteiger partial charge in [-0.15, -0.1) is 0 Å². The van der Waals surface area contributed by atoms with Crippen LogP contribution in [0.3, 0.4) is 0 Å². The first-order chi connectivity index (χ1) is 10.0. The van der Waals surface area contributed by atoms with Gasteiger partial charge in [-0.3, -0.25) is 9.59 Å². The van der Waals surface area contributed by atoms with Crippen LogP contribution < -0.4 is 16.4 Å². The van der Waals surface area contributed by atoms with E-state index in [9.17, 15) is 9.59 Å². The number of amides is 2. The molecular formula is C15H20ClN3O2. The summed E-state index contributed by atoms with van der Waals surface area (Å²) in [6.45, 7) is 1.96. The Morgan fingerprint density at radius 2 is 2.10 bits per heavy atom. The number of rotatable bonds is 4. The van der Waals surface area contributed by atoms with E-state index in [1.54, 1.807) is 18.2 Å². The smallest absolute Gasteiger partial charge is 0.227 e. The van der Waals surface area contributed by atoms with E-state index in [0.717, 1.165) is 19.3 Å². The lowest BCUT2D eigenvalue weighted by Gasteiger charge is -2.17. The molecule has 1 aromatic carbocycles. The molecule has 1 aliphatic carbocycles. The van der Waals surface area contributed by atoms with E-state index in [2.05, 4.69) is 10.6 Å². The van der Waals surface area contributed by atoms with Gasteiger partial charge < -0.3 is 16.4 Å². The predicted octanol–water partition coefficient (Wildman–Crippen LogP) is 2.61. The van der Waals surface area contributed by atoms with E-state index in [-0.39, 0.29) is 23.7 Å². The first-order valence-electron chi connectivity index (χ1n) is 7.09. The summed E-state index contributed by atoms with van der Waals surface area (Å²) in [5.74, 6) is 0.0413. The molecule has 2 unspecified atom stereocenters. The Balaban J connectivity index is 2.04. The van der Waals surface area contributed by atoms with Gasteiger partial charge in [-0.1, -0.05) is 18.0 Å². The van der Waals surface area contributed by atoms with Crippen molar-refractivity contribution < 1.29 is 9.59 Å². The highest BCUT2D eigenvalue weighted by Crippen LogP contribution is 2.32. The molecule has 0 bridgehead atoms. The molecule has 114 valence electrons. The number of carbonyl (C=O) groups is 2. The van der Waals surface area contributed by atoms with Gasteiger partial charge in [0.05, 0.1) is 10.7 Å². The van der Waals surface area contributed by atoms with E-state index in [1.807, 2.05) is 0 Å². The minimum absolute atomic E-state index is 0.00806. The maximum Gasteiger partial charge on any atom is 0.227 e. The summed E-state index contributed by atoms with van der Waals surface area (Å²) >= 11 is 6.09. The summed E-state index contributed by atoms with van der Waals surface area (Å²) in [6.07, 6.45) is 2.93. The van der Waals surface area contributed by atoms with Gasteiger partial charge in [-0.05, 0) is 43.5 Å². The molecule has 2 amide bonds. The number of benzene rings is 1. The normalized spacial score (nSPS) is 21.1. The van der Waals surface area contributed by atoms with Crippen LogP contribution in [0.25, 0.3) is 0 Å². The van der Waals surface area contributed by atoms with Crippen LogP contribution in [0.1, 0.15) is 26.2 Å². The summed E-state index contributed by atoms with van der Waals surface area (Å²) in [4.78, 5) is 23.3. The Bertz CT molecular complexity index is 548. The zero-order valence-electron chi connectivity index (χ0n) is 12.0. The van der Waals surface area contributed by atoms with E-state index >= 15 is 0 Å². The Hall–Kier alpha value is -1.59. The standard InChI is InChI=1S/C15H20ClN3O2/c1-9(20)18-14-6-5-11(7-13(14)16)19-15(21)12-4-2-3-10(12)8-17/h5-7,10,12H,2-4,8,17H2,1H3,(H,18,20)(H,19,21). The Kier molecular flexibility index (Phi) is 5.20. The molecule has 0 saturated heterocycles. The molecule has 1 aliphatic rings. The van der Waals surface area contributed by atoms with Gasteiger partial charge in [-0.2, -0.15) is 0 Å². The lowest BCUT2D eigenvalue weighted by molar-refractivity contribution is -0.120. The van der Waals surface area contributed by atoms with Gasteiger partial charge >= 0.3 is 0 Å². The summed E-state index contributed by atoms with van der Waals surface area (Å²) in [5.41, 5.74) is 6.86. The molecule has 1 aromatic rings. The maximum atomic E-state index is 12.3. The van der Waals surface area contributed by atoms with Crippen LogP contribution >= 0.6 is 11.6 Å². The van der Waals surface area contributed by atoms with Crippen LogP contribution in [-0.4, -0.2) is 18.4 Å². The molecule has 0 heterocycles. The SMILES string of the molecule is CC(=O)Nc1ccc(NC(=O)C2CCCC2CN)cc1Cl. The molecular weight excluding hydrogens is 290 g/mol. The molecule has 2 atom stereocenters. The fourth-order valence-corrected chi connectivity index (χ4v) is 3.01. The van der Waals surface area contributed by atoms with Crippen molar-refractivity contribution in [1.29, 1.82) is 0 Å². The minimum Gasteiger partial charge on any atom is -0.330 e. The monoisotopic (exact) mass is 309 g/mol. The molecule has 4 N–H and O–H groups in total. The lowest BCUT2D eigenvalue weighted by atomic mass is 9.95. The molecule has 0 aromatic heterocycles.